The zero-order valence-corrected chi connectivity index (χ0v) is 8.57. The van der Waals surface area contributed by atoms with Crippen molar-refractivity contribution in [2.24, 2.45) is 0 Å². The van der Waals surface area contributed by atoms with Gasteiger partial charge in [0.15, 0.2) is 0 Å². The summed E-state index contributed by atoms with van der Waals surface area (Å²) < 4.78 is 1.99. The molecule has 1 heterocycles. The number of rotatable bonds is 0. The van der Waals surface area contributed by atoms with Crippen LogP contribution in [0.4, 0.5) is 0 Å². The molecule has 44 valence electrons. The van der Waals surface area contributed by atoms with E-state index in [9.17, 15) is 0 Å². The molecule has 0 spiro atoms. The van der Waals surface area contributed by atoms with Gasteiger partial charge in [-0.2, -0.15) is 0 Å². The summed E-state index contributed by atoms with van der Waals surface area (Å²) in [6.07, 6.45) is 0. The first-order valence-corrected chi connectivity index (χ1v) is 5.14. The third-order valence-corrected chi connectivity index (χ3v) is 4.43. The van der Waals surface area contributed by atoms with Gasteiger partial charge in [-0.15, -0.1) is 0 Å². The van der Waals surface area contributed by atoms with Gasteiger partial charge in [-0.3, -0.25) is 0 Å². The minimum atomic E-state index is 0.282. The number of hydrogen-bond acceptors (Lipinski definition) is 1. The normalized spacial score (nSPS) is 9.75. The van der Waals surface area contributed by atoms with Crippen molar-refractivity contribution in [1.82, 2.24) is 0 Å². The second-order valence-corrected chi connectivity index (χ2v) is 7.43. The Hall–Kier alpha value is 0.759. The molecule has 1 aromatic heterocycles. The van der Waals surface area contributed by atoms with E-state index < -0.39 is 0 Å². The molecular formula is C4H2Br2OSe. The van der Waals surface area contributed by atoms with Crippen LogP contribution in [0.25, 0.3) is 0 Å². The van der Waals surface area contributed by atoms with Crippen molar-refractivity contribution in [1.29, 1.82) is 0 Å². The molecule has 0 bridgehead atoms. The Morgan fingerprint density at radius 3 is 2.25 bits per heavy atom. The zero-order valence-electron chi connectivity index (χ0n) is 3.69. The first-order chi connectivity index (χ1) is 3.70. The SMILES string of the molecule is Oc1cc(Br)[se]c1Br. The van der Waals surface area contributed by atoms with Crippen LogP contribution in [0.15, 0.2) is 12.8 Å². The topological polar surface area (TPSA) is 20.2 Å². The molecule has 0 fully saturated rings. The molecule has 0 unspecified atom stereocenters. The molecule has 0 aliphatic rings. The first-order valence-electron chi connectivity index (χ1n) is 1.84. The van der Waals surface area contributed by atoms with Crippen molar-refractivity contribution >= 4 is 46.4 Å². The fraction of sp³-hybridized carbons (Fsp3) is 0. The monoisotopic (exact) mass is 304 g/mol. The second kappa shape index (κ2) is 2.56. The fourth-order valence-electron chi connectivity index (χ4n) is 0.332. The Morgan fingerprint density at radius 2 is 2.12 bits per heavy atom. The molecule has 0 aliphatic carbocycles. The second-order valence-electron chi connectivity index (χ2n) is 1.21. The van der Waals surface area contributed by atoms with Gasteiger partial charge in [-0.05, 0) is 0 Å². The Kier molecular flexibility index (Phi) is 2.20. The third kappa shape index (κ3) is 1.38. The van der Waals surface area contributed by atoms with Crippen LogP contribution < -0.4 is 0 Å². The predicted molar refractivity (Wildman–Crippen MR) is 40.4 cm³/mol. The Morgan fingerprint density at radius 1 is 1.50 bits per heavy atom. The van der Waals surface area contributed by atoms with Crippen LogP contribution in [0, 0.1) is 0 Å². The van der Waals surface area contributed by atoms with E-state index in [1.54, 1.807) is 6.07 Å². The molecule has 0 radical (unpaired) electrons. The molecule has 1 aromatic rings. The van der Waals surface area contributed by atoms with E-state index in [4.69, 9.17) is 5.11 Å². The minimum absolute atomic E-state index is 0.282. The molecule has 0 amide bonds. The maximum absolute atomic E-state index is 8.91. The van der Waals surface area contributed by atoms with Crippen molar-refractivity contribution in [2.45, 2.75) is 0 Å². The van der Waals surface area contributed by atoms with Gasteiger partial charge < -0.3 is 0 Å². The first kappa shape index (κ1) is 6.87. The summed E-state index contributed by atoms with van der Waals surface area (Å²) in [5.41, 5.74) is 0. The van der Waals surface area contributed by atoms with Crippen LogP contribution in [0.3, 0.4) is 0 Å². The van der Waals surface area contributed by atoms with Crippen molar-refractivity contribution in [2.75, 3.05) is 0 Å². The molecule has 4 heteroatoms. The summed E-state index contributed by atoms with van der Waals surface area (Å²) in [4.78, 5) is 0. The summed E-state index contributed by atoms with van der Waals surface area (Å²) >= 11 is 6.78. The predicted octanol–water partition coefficient (Wildman–Crippen LogP) is 1.97. The Labute approximate surface area is 69.7 Å². The van der Waals surface area contributed by atoms with Crippen molar-refractivity contribution < 1.29 is 5.11 Å². The quantitative estimate of drug-likeness (QED) is 0.727. The average Bonchev–Trinajstić information content (AvgIpc) is 1.85. The van der Waals surface area contributed by atoms with Gasteiger partial charge in [0.2, 0.25) is 0 Å². The van der Waals surface area contributed by atoms with Crippen molar-refractivity contribution in [3.05, 3.63) is 12.8 Å². The van der Waals surface area contributed by atoms with Gasteiger partial charge in [-0.25, -0.2) is 0 Å². The van der Waals surface area contributed by atoms with E-state index >= 15 is 0 Å². The number of aromatic hydroxyl groups is 1. The summed E-state index contributed by atoms with van der Waals surface area (Å²) in [6, 6.07) is 1.71. The van der Waals surface area contributed by atoms with Crippen molar-refractivity contribution in [3.8, 4) is 5.75 Å². The molecule has 8 heavy (non-hydrogen) atoms. The third-order valence-electron chi connectivity index (χ3n) is 0.639. The van der Waals surface area contributed by atoms with Crippen LogP contribution in [-0.4, -0.2) is 19.6 Å². The van der Waals surface area contributed by atoms with Gasteiger partial charge in [0.1, 0.15) is 0 Å². The van der Waals surface area contributed by atoms with Crippen LogP contribution in [0.2, 0.25) is 0 Å². The van der Waals surface area contributed by atoms with E-state index in [0.29, 0.717) is 5.75 Å². The molecule has 0 saturated heterocycles. The van der Waals surface area contributed by atoms with Gasteiger partial charge >= 0.3 is 70.0 Å². The summed E-state index contributed by atoms with van der Waals surface area (Å²) in [6.45, 7) is 0. The summed E-state index contributed by atoms with van der Waals surface area (Å²) in [7, 11) is 0. The van der Waals surface area contributed by atoms with Gasteiger partial charge in [0.05, 0.1) is 0 Å². The molecule has 1 rings (SSSR count). The van der Waals surface area contributed by atoms with Crippen LogP contribution in [0.1, 0.15) is 0 Å². The molecule has 0 aliphatic heterocycles. The van der Waals surface area contributed by atoms with E-state index in [1.807, 2.05) is 0 Å². The summed E-state index contributed by atoms with van der Waals surface area (Å²) in [5, 5.41) is 8.91. The standard InChI is InChI=1S/C4H2Br2OSe/c5-3-1-2(7)4(6)8-3/h1,7H. The van der Waals surface area contributed by atoms with Gasteiger partial charge in [0, 0.05) is 0 Å². The molecule has 1 N–H and O–H groups in total. The van der Waals surface area contributed by atoms with E-state index in [2.05, 4.69) is 31.9 Å². The van der Waals surface area contributed by atoms with E-state index in [1.165, 1.54) is 0 Å². The molecule has 0 atom stereocenters. The van der Waals surface area contributed by atoms with Crippen LogP contribution >= 0.6 is 31.9 Å². The average molecular weight is 305 g/mol. The van der Waals surface area contributed by atoms with Gasteiger partial charge in [0.25, 0.3) is 0 Å². The number of hydrogen-bond donors (Lipinski definition) is 1. The molecule has 0 aromatic carbocycles. The maximum atomic E-state index is 8.91. The summed E-state index contributed by atoms with van der Waals surface area (Å²) in [5.74, 6) is 0.358. The van der Waals surface area contributed by atoms with Gasteiger partial charge in [-0.1, -0.05) is 0 Å². The Bertz CT molecular complexity index is 176. The van der Waals surface area contributed by atoms with Crippen LogP contribution in [0.5, 0.6) is 5.75 Å². The van der Waals surface area contributed by atoms with Crippen LogP contribution in [-0.2, 0) is 0 Å². The van der Waals surface area contributed by atoms with E-state index in [0.717, 1.165) is 6.69 Å². The molecular weight excluding hydrogens is 303 g/mol. The fourth-order valence-corrected chi connectivity index (χ4v) is 4.60. The zero-order chi connectivity index (χ0) is 6.15. The van der Waals surface area contributed by atoms with E-state index in [-0.39, 0.29) is 14.5 Å². The number of halogens is 2. The Balaban J connectivity index is 3.14. The van der Waals surface area contributed by atoms with Crippen molar-refractivity contribution in [3.63, 3.8) is 0 Å². The molecule has 1 nitrogen and oxygen atoms in total. The molecule has 0 saturated carbocycles.